The second-order valence-corrected chi connectivity index (χ2v) is 10.9. The number of aryl methyl sites for hydroxylation is 1. The minimum atomic E-state index is 0.188. The van der Waals surface area contributed by atoms with Gasteiger partial charge in [0.25, 0.3) is 0 Å². The number of rotatable bonds is 4. The van der Waals surface area contributed by atoms with E-state index in [0.29, 0.717) is 37.2 Å². The molecule has 2 aromatic carbocycles. The number of likely N-dealkylation sites (tertiary alicyclic amines) is 1. The molecule has 0 radical (unpaired) electrons. The summed E-state index contributed by atoms with van der Waals surface area (Å²) in [6.07, 6.45) is 8.61. The Balaban J connectivity index is 1.10. The molecule has 2 aliphatic rings. The van der Waals surface area contributed by atoms with Crippen molar-refractivity contribution in [1.82, 2.24) is 29.8 Å². The third-order valence-corrected chi connectivity index (χ3v) is 8.17. The summed E-state index contributed by atoms with van der Waals surface area (Å²) in [5.41, 5.74) is 2.89. The molecule has 9 heteroatoms. The quantitative estimate of drug-likeness (QED) is 0.331. The number of para-hydroxylation sites is 3. The molecule has 41 heavy (non-hydrogen) atoms. The van der Waals surface area contributed by atoms with Gasteiger partial charge in [-0.05, 0) is 62.6 Å². The summed E-state index contributed by atoms with van der Waals surface area (Å²) >= 11 is 0. The maximum Gasteiger partial charge on any atom is 0.224 e. The van der Waals surface area contributed by atoms with Crippen molar-refractivity contribution in [3.63, 3.8) is 0 Å². The molecule has 6 rings (SSSR count). The number of hydrogen-bond donors (Lipinski definition) is 0. The number of ether oxygens (including phenoxy) is 2. The van der Waals surface area contributed by atoms with Crippen LogP contribution in [-0.2, 0) is 17.9 Å². The van der Waals surface area contributed by atoms with Crippen molar-refractivity contribution >= 4 is 16.9 Å². The Morgan fingerprint density at radius 2 is 1.68 bits per heavy atom. The van der Waals surface area contributed by atoms with E-state index in [4.69, 9.17) is 9.47 Å². The molecule has 214 valence electrons. The standard InChI is InChI=1S/C32H38N6O3/c39-31(17-22-38-28-12-4-3-11-27(28)34-35-38)36-20-15-26(16-21-36)37-19-7-1-2-8-23-40-29-13-5-6-14-30(29)41-32-25(24-37)10-9-18-33-32/h3-6,9-14,18,26H,1-2,7-8,15-17,19-24H2. The largest absolute Gasteiger partial charge is 0.490 e. The van der Waals surface area contributed by atoms with Gasteiger partial charge in [-0.2, -0.15) is 0 Å². The van der Waals surface area contributed by atoms with Gasteiger partial charge >= 0.3 is 0 Å². The van der Waals surface area contributed by atoms with Crippen LogP contribution in [-0.4, -0.2) is 68.0 Å². The molecule has 0 bridgehead atoms. The van der Waals surface area contributed by atoms with Gasteiger partial charge in [0.15, 0.2) is 11.5 Å². The van der Waals surface area contributed by atoms with Crippen LogP contribution in [0, 0.1) is 0 Å². The van der Waals surface area contributed by atoms with Crippen LogP contribution in [0.4, 0.5) is 0 Å². The van der Waals surface area contributed by atoms with Crippen molar-refractivity contribution in [2.24, 2.45) is 0 Å². The molecule has 0 aliphatic carbocycles. The van der Waals surface area contributed by atoms with E-state index in [0.717, 1.165) is 80.6 Å². The smallest absolute Gasteiger partial charge is 0.224 e. The first-order valence-electron chi connectivity index (χ1n) is 14.9. The number of hydrogen-bond acceptors (Lipinski definition) is 7. The van der Waals surface area contributed by atoms with Gasteiger partial charge in [0.1, 0.15) is 5.52 Å². The third kappa shape index (κ3) is 6.68. The molecular formula is C32H38N6O3. The molecule has 0 spiro atoms. The summed E-state index contributed by atoms with van der Waals surface area (Å²) < 4.78 is 14.2. The number of aromatic nitrogens is 4. The Morgan fingerprint density at radius 1 is 0.878 bits per heavy atom. The summed E-state index contributed by atoms with van der Waals surface area (Å²) in [7, 11) is 0. The number of fused-ring (bicyclic) bond motifs is 3. The van der Waals surface area contributed by atoms with Crippen LogP contribution in [0.5, 0.6) is 17.4 Å². The zero-order valence-corrected chi connectivity index (χ0v) is 23.5. The molecule has 9 nitrogen and oxygen atoms in total. The molecule has 1 fully saturated rings. The molecule has 2 aliphatic heterocycles. The normalized spacial score (nSPS) is 17.6. The van der Waals surface area contributed by atoms with Crippen molar-refractivity contribution in [2.45, 2.75) is 64.1 Å². The number of nitrogens with zero attached hydrogens (tertiary/aromatic N) is 6. The van der Waals surface area contributed by atoms with Crippen LogP contribution in [0.3, 0.4) is 0 Å². The highest BCUT2D eigenvalue weighted by atomic mass is 16.5. The van der Waals surface area contributed by atoms with Crippen LogP contribution in [0.25, 0.3) is 11.0 Å². The molecule has 0 saturated carbocycles. The average molecular weight is 555 g/mol. The van der Waals surface area contributed by atoms with Crippen molar-refractivity contribution in [3.8, 4) is 17.4 Å². The molecule has 4 aromatic rings. The summed E-state index contributed by atoms with van der Waals surface area (Å²) in [6.45, 7) is 4.56. The van der Waals surface area contributed by atoms with Crippen molar-refractivity contribution in [1.29, 1.82) is 0 Å². The Morgan fingerprint density at radius 3 is 2.59 bits per heavy atom. The highest BCUT2D eigenvalue weighted by molar-refractivity contribution is 5.77. The predicted molar refractivity (Wildman–Crippen MR) is 157 cm³/mol. The minimum absolute atomic E-state index is 0.188. The van der Waals surface area contributed by atoms with E-state index in [9.17, 15) is 4.79 Å². The second-order valence-electron chi connectivity index (χ2n) is 10.9. The van der Waals surface area contributed by atoms with Crippen LogP contribution in [0.1, 0.15) is 50.5 Å². The minimum Gasteiger partial charge on any atom is -0.490 e. The maximum absolute atomic E-state index is 13.1. The second kappa shape index (κ2) is 13.1. The number of amides is 1. The molecule has 0 atom stereocenters. The molecule has 2 aromatic heterocycles. The Hall–Kier alpha value is -3.98. The van der Waals surface area contributed by atoms with Crippen molar-refractivity contribution < 1.29 is 14.3 Å². The molecule has 0 N–H and O–H groups in total. The summed E-state index contributed by atoms with van der Waals surface area (Å²) in [4.78, 5) is 22.3. The molecule has 1 amide bonds. The van der Waals surface area contributed by atoms with E-state index in [-0.39, 0.29) is 5.91 Å². The number of piperidine rings is 1. The van der Waals surface area contributed by atoms with Gasteiger partial charge in [-0.3, -0.25) is 9.69 Å². The van der Waals surface area contributed by atoms with E-state index in [1.807, 2.05) is 64.2 Å². The molecular weight excluding hydrogens is 516 g/mol. The number of carbonyl (C=O) groups is 1. The fourth-order valence-corrected chi connectivity index (χ4v) is 5.88. The summed E-state index contributed by atoms with van der Waals surface area (Å²) in [6, 6.07) is 20.2. The fourth-order valence-electron chi connectivity index (χ4n) is 5.88. The lowest BCUT2D eigenvalue weighted by Gasteiger charge is -2.39. The van der Waals surface area contributed by atoms with E-state index >= 15 is 0 Å². The van der Waals surface area contributed by atoms with Crippen LogP contribution < -0.4 is 9.47 Å². The SMILES string of the molecule is O=C(CCn1nnc2ccccc21)N1CCC(N2CCCCCCOc3ccccc3Oc3ncccc3C2)CC1. The van der Waals surface area contributed by atoms with Gasteiger partial charge in [0.2, 0.25) is 11.8 Å². The van der Waals surface area contributed by atoms with Crippen molar-refractivity contribution in [3.05, 3.63) is 72.4 Å². The maximum atomic E-state index is 13.1. The zero-order valence-electron chi connectivity index (χ0n) is 23.5. The molecule has 0 unspecified atom stereocenters. The van der Waals surface area contributed by atoms with Crippen molar-refractivity contribution in [2.75, 3.05) is 26.2 Å². The van der Waals surface area contributed by atoms with Gasteiger partial charge in [-0.15, -0.1) is 5.10 Å². The Bertz CT molecular complexity index is 1450. The van der Waals surface area contributed by atoms with Crippen LogP contribution in [0.2, 0.25) is 0 Å². The van der Waals surface area contributed by atoms with Crippen LogP contribution >= 0.6 is 0 Å². The Kier molecular flexibility index (Phi) is 8.71. The first-order chi connectivity index (χ1) is 20.2. The fraction of sp³-hybridized carbons (Fsp3) is 0.438. The van der Waals surface area contributed by atoms with Gasteiger partial charge in [-0.1, -0.05) is 48.4 Å². The lowest BCUT2D eigenvalue weighted by molar-refractivity contribution is -0.133. The van der Waals surface area contributed by atoms with Crippen LogP contribution in [0.15, 0.2) is 66.9 Å². The Labute approximate surface area is 241 Å². The van der Waals surface area contributed by atoms with E-state index in [1.54, 1.807) is 6.20 Å². The first kappa shape index (κ1) is 27.2. The number of pyridine rings is 1. The highest BCUT2D eigenvalue weighted by Crippen LogP contribution is 2.33. The zero-order chi connectivity index (χ0) is 27.9. The van der Waals surface area contributed by atoms with E-state index < -0.39 is 0 Å². The molecule has 1 saturated heterocycles. The monoisotopic (exact) mass is 554 g/mol. The lowest BCUT2D eigenvalue weighted by atomic mass is 10.0. The lowest BCUT2D eigenvalue weighted by Crippen LogP contribution is -2.47. The number of benzene rings is 2. The van der Waals surface area contributed by atoms with Gasteiger partial charge in [-0.25, -0.2) is 9.67 Å². The topological polar surface area (TPSA) is 85.6 Å². The predicted octanol–water partition coefficient (Wildman–Crippen LogP) is 5.45. The number of carbonyl (C=O) groups excluding carboxylic acids is 1. The molecule has 4 heterocycles. The van der Waals surface area contributed by atoms with E-state index in [1.165, 1.54) is 6.42 Å². The summed E-state index contributed by atoms with van der Waals surface area (Å²) in [5, 5.41) is 8.45. The van der Waals surface area contributed by atoms with Gasteiger partial charge in [0, 0.05) is 43.9 Å². The average Bonchev–Trinajstić information content (AvgIpc) is 3.43. The first-order valence-corrected chi connectivity index (χ1v) is 14.9. The highest BCUT2D eigenvalue weighted by Gasteiger charge is 2.28. The van der Waals surface area contributed by atoms with Gasteiger partial charge in [0.05, 0.1) is 18.7 Å². The third-order valence-electron chi connectivity index (χ3n) is 8.17. The van der Waals surface area contributed by atoms with Gasteiger partial charge < -0.3 is 14.4 Å². The van der Waals surface area contributed by atoms with E-state index in [2.05, 4.69) is 26.3 Å². The summed E-state index contributed by atoms with van der Waals surface area (Å²) in [5.74, 6) is 2.26.